The highest BCUT2D eigenvalue weighted by molar-refractivity contribution is 6.30. The first-order valence-electron chi connectivity index (χ1n) is 9.46. The Morgan fingerprint density at radius 1 is 1.27 bits per heavy atom. The third-order valence-electron chi connectivity index (χ3n) is 5.51. The number of amides is 1. The zero-order chi connectivity index (χ0) is 18.1. The molecule has 2 aromatic heterocycles. The zero-order valence-corrected chi connectivity index (χ0v) is 16.0. The Hall–Kier alpha value is -1.63. The molecule has 0 aliphatic carbocycles. The highest BCUT2D eigenvalue weighted by Gasteiger charge is 2.30. The quantitative estimate of drug-likeness (QED) is 0.891. The Kier molecular flexibility index (Phi) is 5.16. The van der Waals surface area contributed by atoms with Crippen LogP contribution < -0.4 is 5.32 Å². The van der Waals surface area contributed by atoms with Crippen molar-refractivity contribution in [3.63, 3.8) is 0 Å². The molecular weight excluding hydrogens is 350 g/mol. The molecule has 140 valence electrons. The van der Waals surface area contributed by atoms with Crippen LogP contribution in [-0.4, -0.2) is 63.9 Å². The first-order valence-corrected chi connectivity index (χ1v) is 9.84. The maximum Gasteiger partial charge on any atom is 0.225 e. The highest BCUT2D eigenvalue weighted by atomic mass is 35.5. The lowest BCUT2D eigenvalue weighted by Gasteiger charge is -2.37. The fraction of sp³-hybridized carbons (Fsp3) is 0.579. The summed E-state index contributed by atoms with van der Waals surface area (Å²) >= 11 is 6.04. The molecule has 2 fully saturated rings. The van der Waals surface area contributed by atoms with Gasteiger partial charge >= 0.3 is 0 Å². The molecule has 0 radical (unpaired) electrons. The average molecular weight is 376 g/mol. The van der Waals surface area contributed by atoms with Crippen LogP contribution in [0.25, 0.3) is 5.65 Å². The number of pyridine rings is 1. The van der Waals surface area contributed by atoms with E-state index in [0.717, 1.165) is 63.5 Å². The molecule has 0 unspecified atom stereocenters. The molecule has 2 aliphatic rings. The lowest BCUT2D eigenvalue weighted by atomic mass is 9.92. The SMILES string of the molecule is C[C@H]1C[C@@H](C(=O)N2CCN(Cc3cn4cc(Cl)ccc4n3)CC2)CCN1. The Labute approximate surface area is 159 Å². The van der Waals surface area contributed by atoms with Crippen LogP contribution in [0.3, 0.4) is 0 Å². The Morgan fingerprint density at radius 3 is 2.85 bits per heavy atom. The number of rotatable bonds is 3. The van der Waals surface area contributed by atoms with Gasteiger partial charge in [0.1, 0.15) is 5.65 Å². The Morgan fingerprint density at radius 2 is 2.08 bits per heavy atom. The molecule has 2 saturated heterocycles. The minimum atomic E-state index is 0.195. The van der Waals surface area contributed by atoms with Crippen molar-refractivity contribution in [2.45, 2.75) is 32.4 Å². The summed E-state index contributed by atoms with van der Waals surface area (Å²) in [5.41, 5.74) is 1.96. The van der Waals surface area contributed by atoms with Gasteiger partial charge in [-0.2, -0.15) is 0 Å². The molecule has 0 aromatic carbocycles. The van der Waals surface area contributed by atoms with Crippen molar-refractivity contribution in [1.82, 2.24) is 24.5 Å². The van der Waals surface area contributed by atoms with Gasteiger partial charge in [-0.15, -0.1) is 0 Å². The predicted octanol–water partition coefficient (Wildman–Crippen LogP) is 2.02. The number of hydrogen-bond donors (Lipinski definition) is 1. The Balaban J connectivity index is 1.32. The van der Waals surface area contributed by atoms with Gasteiger partial charge in [0.05, 0.1) is 10.7 Å². The Bertz CT molecular complexity index is 783. The van der Waals surface area contributed by atoms with Crippen LogP contribution in [0, 0.1) is 5.92 Å². The number of aromatic nitrogens is 2. The molecule has 1 N–H and O–H groups in total. The van der Waals surface area contributed by atoms with Crippen molar-refractivity contribution in [3.8, 4) is 0 Å². The normalized spacial score (nSPS) is 24.9. The van der Waals surface area contributed by atoms with E-state index in [-0.39, 0.29) is 5.92 Å². The minimum Gasteiger partial charge on any atom is -0.340 e. The molecule has 6 nitrogen and oxygen atoms in total. The molecule has 7 heteroatoms. The molecule has 2 aromatic rings. The zero-order valence-electron chi connectivity index (χ0n) is 15.2. The van der Waals surface area contributed by atoms with Crippen LogP contribution in [0.1, 0.15) is 25.5 Å². The van der Waals surface area contributed by atoms with Crippen molar-refractivity contribution in [1.29, 1.82) is 0 Å². The van der Waals surface area contributed by atoms with E-state index in [4.69, 9.17) is 11.6 Å². The molecule has 0 saturated carbocycles. The molecule has 4 rings (SSSR count). The van der Waals surface area contributed by atoms with Gasteiger partial charge in [0.25, 0.3) is 0 Å². The van der Waals surface area contributed by atoms with E-state index in [9.17, 15) is 4.79 Å². The second-order valence-corrected chi connectivity index (χ2v) is 7.96. The first-order chi connectivity index (χ1) is 12.6. The minimum absolute atomic E-state index is 0.195. The highest BCUT2D eigenvalue weighted by Crippen LogP contribution is 2.20. The standard InChI is InChI=1S/C19H26ClN5O/c1-14-10-15(4-5-21-14)19(26)24-8-6-23(7-9-24)12-17-13-25-11-16(20)2-3-18(25)22-17/h2-3,11,13-15,21H,4-10,12H2,1H3/t14-,15-/m0/s1. The van der Waals surface area contributed by atoms with Crippen LogP contribution in [0.15, 0.2) is 24.5 Å². The second-order valence-electron chi connectivity index (χ2n) is 7.52. The van der Waals surface area contributed by atoms with E-state index >= 15 is 0 Å². The average Bonchev–Trinajstić information content (AvgIpc) is 3.03. The van der Waals surface area contributed by atoms with Gasteiger partial charge in [-0.25, -0.2) is 4.98 Å². The fourth-order valence-corrected chi connectivity index (χ4v) is 4.23. The van der Waals surface area contributed by atoms with Crippen LogP contribution in [-0.2, 0) is 11.3 Å². The van der Waals surface area contributed by atoms with E-state index in [1.807, 2.05) is 28.9 Å². The number of carbonyl (C=O) groups is 1. The van der Waals surface area contributed by atoms with Gasteiger partial charge < -0.3 is 14.6 Å². The van der Waals surface area contributed by atoms with Gasteiger partial charge in [-0.1, -0.05) is 11.6 Å². The smallest absolute Gasteiger partial charge is 0.225 e. The van der Waals surface area contributed by atoms with E-state index in [1.165, 1.54) is 0 Å². The number of halogens is 1. The number of imidazole rings is 1. The van der Waals surface area contributed by atoms with Gasteiger partial charge in [-0.3, -0.25) is 9.69 Å². The van der Waals surface area contributed by atoms with E-state index < -0.39 is 0 Å². The molecule has 2 aliphatic heterocycles. The van der Waals surface area contributed by atoms with E-state index in [2.05, 4.69) is 27.0 Å². The number of carbonyl (C=O) groups excluding carboxylic acids is 1. The summed E-state index contributed by atoms with van der Waals surface area (Å²) in [6.07, 6.45) is 5.84. The summed E-state index contributed by atoms with van der Waals surface area (Å²) in [5, 5.41) is 4.13. The lowest BCUT2D eigenvalue weighted by molar-refractivity contribution is -0.138. The maximum atomic E-state index is 12.8. The van der Waals surface area contributed by atoms with Crippen molar-refractivity contribution in [2.24, 2.45) is 5.92 Å². The topological polar surface area (TPSA) is 52.9 Å². The largest absolute Gasteiger partial charge is 0.340 e. The van der Waals surface area contributed by atoms with Crippen LogP contribution >= 0.6 is 11.6 Å². The molecule has 2 atom stereocenters. The van der Waals surface area contributed by atoms with Crippen molar-refractivity contribution >= 4 is 23.2 Å². The summed E-state index contributed by atoms with van der Waals surface area (Å²) in [4.78, 5) is 21.9. The summed E-state index contributed by atoms with van der Waals surface area (Å²) < 4.78 is 1.97. The van der Waals surface area contributed by atoms with Crippen LogP contribution in [0.4, 0.5) is 0 Å². The van der Waals surface area contributed by atoms with Gasteiger partial charge in [-0.05, 0) is 38.4 Å². The molecule has 1 amide bonds. The number of nitrogens with zero attached hydrogens (tertiary/aromatic N) is 4. The molecule has 4 heterocycles. The maximum absolute atomic E-state index is 12.8. The van der Waals surface area contributed by atoms with E-state index in [0.29, 0.717) is 17.0 Å². The van der Waals surface area contributed by atoms with Gasteiger partial charge in [0.2, 0.25) is 5.91 Å². The second kappa shape index (κ2) is 7.55. The third-order valence-corrected chi connectivity index (χ3v) is 5.73. The number of piperidine rings is 1. The molecular formula is C19H26ClN5O. The first kappa shape index (κ1) is 17.8. The summed E-state index contributed by atoms with van der Waals surface area (Å²) in [7, 11) is 0. The molecule has 0 spiro atoms. The monoisotopic (exact) mass is 375 g/mol. The van der Waals surface area contributed by atoms with Crippen LogP contribution in [0.2, 0.25) is 5.02 Å². The number of fused-ring (bicyclic) bond motifs is 1. The number of hydrogen-bond acceptors (Lipinski definition) is 4. The van der Waals surface area contributed by atoms with E-state index in [1.54, 1.807) is 0 Å². The summed E-state index contributed by atoms with van der Waals surface area (Å²) in [6.45, 7) is 7.37. The fourth-order valence-electron chi connectivity index (χ4n) is 4.06. The lowest BCUT2D eigenvalue weighted by Crippen LogP contribution is -2.51. The number of nitrogens with one attached hydrogen (secondary N) is 1. The van der Waals surface area contributed by atoms with Crippen molar-refractivity contribution in [2.75, 3.05) is 32.7 Å². The van der Waals surface area contributed by atoms with Crippen LogP contribution in [0.5, 0.6) is 0 Å². The molecule has 26 heavy (non-hydrogen) atoms. The summed E-state index contributed by atoms with van der Waals surface area (Å²) in [5.74, 6) is 0.543. The van der Waals surface area contributed by atoms with Gasteiger partial charge in [0.15, 0.2) is 0 Å². The third kappa shape index (κ3) is 3.87. The van der Waals surface area contributed by atoms with Crippen molar-refractivity contribution < 1.29 is 4.79 Å². The number of piperazine rings is 1. The predicted molar refractivity (Wildman–Crippen MR) is 102 cm³/mol. The summed E-state index contributed by atoms with van der Waals surface area (Å²) in [6, 6.07) is 4.24. The van der Waals surface area contributed by atoms with Gasteiger partial charge in [0, 0.05) is 57.1 Å². The molecule has 0 bridgehead atoms. The van der Waals surface area contributed by atoms with Crippen molar-refractivity contribution in [3.05, 3.63) is 35.2 Å².